The number of nitrogens with zero attached hydrogens (tertiary/aromatic N) is 20. The zero-order chi connectivity index (χ0) is 101. The highest BCUT2D eigenvalue weighted by atomic mass is 32.3. The number of nitrogen functional groups attached to an aromatic ring is 5. The molecule has 0 bridgehead atoms. The Labute approximate surface area is 789 Å². The molecule has 69 heteroatoms. The molecule has 0 amide bonds. The summed E-state index contributed by atoms with van der Waals surface area (Å²) in [7, 11) is -37.5. The van der Waals surface area contributed by atoms with Crippen molar-refractivity contribution in [1.29, 1.82) is 0 Å². The SMILES string of the molecule is CS(CC[C@@H](N)C(=O)O)(C[C@H]1O[C@@H](n2cnc3c(N)ncnc32)[C@H](O)[C@@H]1O)OP(=O)(OC[C@H]1O[C@@H](n2cnc3c(N)ncnc32)[C@H](O)[C@@H]1O)OP(=O)(OP(=O)(OS(C)(CC[C@@H](N)C(=O)O)C[C@H]1O[C@@H](n2cnc3c(N)ncnc32)[C@H](O)[C@@H]1O)OS(C)(CC[C@@H](N)C(=O)O)C[C@H]1O[C@@H](n2cnc3c(N)ncnc32)[C@H](O)[C@@H]1O)OS(C)(CC[C@@H](N)C(=O)O)C[C@H]1O[C@@H](n2cnc3c(N)ncnc32)[C@H](O)[C@@H]1O. The molecule has 15 rings (SSSR count). The first-order chi connectivity index (χ1) is 65.4. The second-order valence-electron chi connectivity index (χ2n) is 33.9. The van der Waals surface area contributed by atoms with Gasteiger partial charge in [0.1, 0.15) is 151 Å². The molecule has 0 aromatic carbocycles. The van der Waals surface area contributed by atoms with E-state index < -0.39 is 314 Å². The van der Waals surface area contributed by atoms with Gasteiger partial charge in [0.25, 0.3) is 0 Å². The Morgan fingerprint density at radius 2 is 0.525 bits per heavy atom. The fourth-order valence-corrected chi connectivity index (χ4v) is 38.1. The van der Waals surface area contributed by atoms with Crippen molar-refractivity contribution in [3.05, 3.63) is 63.3 Å². The number of aliphatic carboxylic acids is 4. The number of hydrogen-bond acceptors (Lipinski definition) is 53. The fourth-order valence-electron chi connectivity index (χ4n) is 16.2. The standard InChI is InChI=1S/C70H104N29O33P3S4/c1-136(9-5-28(71)67(110)111,14-33-43(101)48(106)63(123-33)96-24-91-38-53(76)81-19-86-58(38)96)129-133(118,121-13-32-42(100)47(105)62(122-32)95-23-90-37-52(75)80-18-85-57(37)95)127-134(119,130-137(2,10-6-29(72)68(112)113)15-34-44(102)49(107)64(124-34)97-25-92-39-54(77)82-20-87-59(39)97)128-135(120,131-138(3,11-7-30(73)69(114)115)16-35-45(103)50(108)65(125-35)98-26-93-40-55(78)83-21-88-60(40)98)132-139(4,12-8-31(74)70(116)117)17-36-46(104)51(109)66(126-36)99-27-94-41-56(79)84-22-89-61(41)99/h18-36,42-51,62-66,100-109H,5-17,71-74H2,1-4H3,(H,110,111)(H,112,113)(H,114,115)(H,116,117)(H2,75,80,85)(H2,76,81,86)(H2,77,82,87)(H2,78,83,88)(H2,79,84,89)/t28-,29-,30-,31-,32-,33-,34-,35-,36-,42-,43-,44-,45-,46-,47-,48-,49-,50-,51-,62-,63-,64-,65-,66-,133?,134?/m1/s1. The number of carboxylic acid groups (broad SMARTS) is 4. The lowest BCUT2D eigenvalue weighted by molar-refractivity contribution is -0.139. The predicted molar refractivity (Wildman–Crippen MR) is 487 cm³/mol. The number of phosphoric acid groups is 3. The second-order valence-corrected chi connectivity index (χ2v) is 53.0. The van der Waals surface area contributed by atoms with E-state index in [1.807, 2.05) is 0 Å². The van der Waals surface area contributed by atoms with Gasteiger partial charge in [-0.1, -0.05) is 0 Å². The Kier molecular flexibility index (Phi) is 30.6. The highest BCUT2D eigenvalue weighted by Gasteiger charge is 2.60. The molecule has 10 aromatic rings. The molecule has 766 valence electrons. The number of fused-ring (bicyclic) bond motifs is 5. The van der Waals surface area contributed by atoms with Crippen LogP contribution in [-0.4, -0.2) is 386 Å². The molecule has 0 radical (unpaired) electrons. The van der Waals surface area contributed by atoms with Crippen molar-refractivity contribution in [2.24, 2.45) is 22.9 Å². The molecule has 0 spiro atoms. The molecule has 0 aliphatic carbocycles. The number of carboxylic acids is 4. The van der Waals surface area contributed by atoms with Crippen LogP contribution >= 0.6 is 64.7 Å². The van der Waals surface area contributed by atoms with E-state index in [0.29, 0.717) is 0 Å². The van der Waals surface area contributed by atoms with Gasteiger partial charge in [-0.3, -0.25) is 46.5 Å². The number of aromatic nitrogens is 20. The van der Waals surface area contributed by atoms with Crippen LogP contribution in [0.25, 0.3) is 55.8 Å². The Morgan fingerprint density at radius 1 is 0.324 bits per heavy atom. The van der Waals surface area contributed by atoms with E-state index >= 15 is 13.7 Å². The van der Waals surface area contributed by atoms with Crippen molar-refractivity contribution in [3.8, 4) is 0 Å². The Bertz CT molecular complexity index is 6210. The summed E-state index contributed by atoms with van der Waals surface area (Å²) in [5, 5.41) is 164. The van der Waals surface area contributed by atoms with Crippen molar-refractivity contribution < 1.29 is 157 Å². The molecule has 10 aromatic heterocycles. The number of aliphatic hydroxyl groups excluding tert-OH is 10. The average Bonchev–Trinajstić information content (AvgIpc) is 1.76. The average molecular weight is 2100 g/mol. The van der Waals surface area contributed by atoms with E-state index in [4.69, 9.17) is 104 Å². The van der Waals surface area contributed by atoms with E-state index in [1.54, 1.807) is 0 Å². The molecule has 5 saturated heterocycles. The van der Waals surface area contributed by atoms with Gasteiger partial charge in [0, 0.05) is 46.0 Å². The maximum Gasteiger partial charge on any atom is 0.503 e. The van der Waals surface area contributed by atoms with Crippen LogP contribution in [0.1, 0.15) is 56.8 Å². The second kappa shape index (κ2) is 40.8. The lowest BCUT2D eigenvalue weighted by Gasteiger charge is -2.45. The number of hydrogen-bond donors (Lipinski definition) is 23. The lowest BCUT2D eigenvalue weighted by atomic mass is 10.1. The molecule has 6 unspecified atom stereocenters. The van der Waals surface area contributed by atoms with Gasteiger partial charge in [0.05, 0.1) is 62.7 Å². The summed E-state index contributed by atoms with van der Waals surface area (Å²) in [6.07, 6.45) is -27.2. The number of nitrogens with two attached hydrogens (primary N) is 9. The van der Waals surface area contributed by atoms with Crippen molar-refractivity contribution in [2.75, 3.05) is 106 Å². The quantitative estimate of drug-likeness (QED) is 0.0159. The molecule has 0 saturated carbocycles. The fraction of sp³-hybridized carbons (Fsp3) is 0.586. The third-order valence-corrected chi connectivity index (χ3v) is 44.5. The van der Waals surface area contributed by atoms with E-state index in [9.17, 15) is 90.7 Å². The molecule has 62 nitrogen and oxygen atoms in total. The minimum Gasteiger partial charge on any atom is -0.480 e. The molecule has 15 heterocycles. The Balaban J connectivity index is 0.923. The first-order valence-electron chi connectivity index (χ1n) is 41.8. The van der Waals surface area contributed by atoms with Crippen molar-refractivity contribution in [2.45, 2.75) is 173 Å². The summed E-state index contributed by atoms with van der Waals surface area (Å²) >= 11 is 0. The number of anilines is 5. The maximum atomic E-state index is 18.4. The minimum atomic E-state index is -7.23. The van der Waals surface area contributed by atoms with Crippen LogP contribution in [0.5, 0.6) is 0 Å². The molecular formula is C70H104N29O33P3S4. The van der Waals surface area contributed by atoms with Gasteiger partial charge in [-0.25, -0.2) is 104 Å². The number of ether oxygens (including phenoxy) is 5. The predicted octanol–water partition coefficient (Wildman–Crippen LogP) is -4.76. The number of rotatable bonds is 44. The van der Waals surface area contributed by atoms with Crippen LogP contribution in [0.4, 0.5) is 29.1 Å². The van der Waals surface area contributed by atoms with Gasteiger partial charge >= 0.3 is 47.3 Å². The third-order valence-electron chi connectivity index (χ3n) is 23.7. The van der Waals surface area contributed by atoms with Crippen LogP contribution in [0.3, 0.4) is 0 Å². The van der Waals surface area contributed by atoms with Gasteiger partial charge in [-0.2, -0.15) is 8.62 Å². The summed E-state index contributed by atoms with van der Waals surface area (Å²) in [6, 6.07) is -7.75. The summed E-state index contributed by atoms with van der Waals surface area (Å²) < 4.78 is 138. The first kappa shape index (κ1) is 104. The van der Waals surface area contributed by atoms with Crippen LogP contribution in [0.2, 0.25) is 0 Å². The van der Waals surface area contributed by atoms with Gasteiger partial charge in [0.15, 0.2) is 88.5 Å². The van der Waals surface area contributed by atoms with E-state index in [1.165, 1.54) is 0 Å². The zero-order valence-corrected chi connectivity index (χ0v) is 79.4. The maximum absolute atomic E-state index is 18.4. The summed E-state index contributed by atoms with van der Waals surface area (Å²) in [5.74, 6) is -14.7. The van der Waals surface area contributed by atoms with Crippen LogP contribution in [-0.2, 0) is 85.6 Å². The number of carbonyl (C=O) groups is 4. The van der Waals surface area contributed by atoms with Gasteiger partial charge < -0.3 is 147 Å². The molecule has 5 aliphatic heterocycles. The van der Waals surface area contributed by atoms with Crippen molar-refractivity contribution >= 4 is 173 Å². The van der Waals surface area contributed by atoms with E-state index in [2.05, 4.69) is 74.8 Å². The Hall–Kier alpha value is -9.32. The molecule has 32 N–H and O–H groups in total. The summed E-state index contributed by atoms with van der Waals surface area (Å²) in [5.41, 5.74) is 55.3. The van der Waals surface area contributed by atoms with Crippen molar-refractivity contribution in [3.63, 3.8) is 0 Å². The Morgan fingerprint density at radius 3 is 0.755 bits per heavy atom. The lowest BCUT2D eigenvalue weighted by Crippen LogP contribution is -2.37. The van der Waals surface area contributed by atoms with Gasteiger partial charge in [-0.15, -0.1) is 41.2 Å². The largest absolute Gasteiger partial charge is 0.503 e. The van der Waals surface area contributed by atoms with Crippen LogP contribution in [0, 0.1) is 0 Å². The summed E-state index contributed by atoms with van der Waals surface area (Å²) in [4.78, 5) is 114. The third kappa shape index (κ3) is 21.8. The highest BCUT2D eigenvalue weighted by molar-refractivity contribution is 8.33. The van der Waals surface area contributed by atoms with Crippen LogP contribution < -0.4 is 51.6 Å². The molecule has 5 fully saturated rings. The minimum absolute atomic E-state index is 0.0202. The molecule has 139 heavy (non-hydrogen) atoms. The van der Waals surface area contributed by atoms with Gasteiger partial charge in [-0.05, 0) is 50.7 Å². The number of imidazole rings is 5. The van der Waals surface area contributed by atoms with Crippen LogP contribution in [0.15, 0.2) is 63.3 Å². The normalized spacial score (nSPS) is 30.6. The van der Waals surface area contributed by atoms with E-state index in [-0.39, 0.29) is 84.9 Å². The topological polar surface area (TPSA) is 966 Å². The smallest absolute Gasteiger partial charge is 0.480 e. The van der Waals surface area contributed by atoms with E-state index in [0.717, 1.165) is 111 Å². The number of aliphatic hydroxyl groups is 10. The first-order valence-corrected chi connectivity index (χ1v) is 55.4. The highest BCUT2D eigenvalue weighted by Crippen LogP contribution is 2.84. The zero-order valence-electron chi connectivity index (χ0n) is 73.5. The molecule has 30 atom stereocenters. The summed E-state index contributed by atoms with van der Waals surface area (Å²) in [6.45, 7) is -1.47. The van der Waals surface area contributed by atoms with Crippen molar-refractivity contribution in [1.82, 2.24) is 97.6 Å². The van der Waals surface area contributed by atoms with Gasteiger partial charge in [0.2, 0.25) is 0 Å². The molecular weight excluding hydrogens is 2000 g/mol. The molecule has 5 aliphatic rings. The monoisotopic (exact) mass is 2100 g/mol.